The molecule has 9 nitrogen and oxygen atoms in total. The maximum atomic E-state index is 13.9. The summed E-state index contributed by atoms with van der Waals surface area (Å²) in [5.74, 6) is 0.537. The molecule has 0 saturated carbocycles. The maximum absolute atomic E-state index is 13.9. The summed E-state index contributed by atoms with van der Waals surface area (Å²) in [5, 5.41) is 44.8. The predicted octanol–water partition coefficient (Wildman–Crippen LogP) is 14.0. The third-order valence-electron chi connectivity index (χ3n) is 14.4. The van der Waals surface area contributed by atoms with E-state index in [1.165, 1.54) is 154 Å². The molecule has 1 heterocycles. The first kappa shape index (κ1) is 63.6. The van der Waals surface area contributed by atoms with Crippen LogP contribution in [0.5, 0.6) is 0 Å². The maximum Gasteiger partial charge on any atom is 0.323 e. The monoisotopic (exact) mass is 950 g/mol. The van der Waals surface area contributed by atoms with Crippen molar-refractivity contribution < 1.29 is 30.0 Å². The number of esters is 1. The van der Waals surface area contributed by atoms with Gasteiger partial charge in [0, 0.05) is 39.3 Å². The number of carbonyl (C=O) groups excluding carboxylic acids is 1. The molecule has 0 aromatic rings. The molecular formula is C58H115N3O6. The Balaban J connectivity index is 3.05. The molecule has 0 aliphatic carbocycles. The fourth-order valence-corrected chi connectivity index (χ4v) is 10.2. The number of β-amino-alcohol motifs (C(OH)–C–C–N with tert-alkyl or cyclic N) is 1. The number of ether oxygens (including phenoxy) is 1. The molecule has 67 heavy (non-hydrogen) atoms. The molecule has 0 aromatic heterocycles. The molecule has 0 bridgehead atoms. The molecule has 0 aromatic carbocycles. The predicted molar refractivity (Wildman–Crippen MR) is 285 cm³/mol. The van der Waals surface area contributed by atoms with Gasteiger partial charge in [0.1, 0.15) is 12.1 Å². The van der Waals surface area contributed by atoms with E-state index >= 15 is 0 Å². The number of nitrogens with zero attached hydrogens (tertiary/aromatic N) is 3. The fraction of sp³-hybridized carbons (Fsp3) is 0.948. The molecule has 1 aliphatic heterocycles. The second-order valence-electron chi connectivity index (χ2n) is 21.3. The molecule has 4 N–H and O–H groups in total. The van der Waals surface area contributed by atoms with Gasteiger partial charge >= 0.3 is 5.97 Å². The summed E-state index contributed by atoms with van der Waals surface area (Å²) in [6.45, 7) is 18.2. The fourth-order valence-electron chi connectivity index (χ4n) is 10.2. The van der Waals surface area contributed by atoms with Crippen LogP contribution in [0.25, 0.3) is 0 Å². The lowest BCUT2D eigenvalue weighted by Gasteiger charge is -2.40. The van der Waals surface area contributed by atoms with E-state index in [0.717, 1.165) is 70.6 Å². The number of hydrogen-bond donors (Lipinski definition) is 4. The standard InChI is InChI=1S/C58H115N3O6/c1-7-11-15-19-23-27-31-35-40-53(63)47-59(52(6)60(46-51(5)62)48-54(64)41-36-32-28-24-20-16-12-8-2)45-39-44-57-58(66)67-56(43-38-34-30-26-22-18-14-10-4)50-61(57)49-55(65)42-37-33-29-25-21-17-13-9-3/h51,53-57,62-65H,6-50H2,1-5H3. The van der Waals surface area contributed by atoms with Crippen LogP contribution in [0, 0.1) is 0 Å². The van der Waals surface area contributed by atoms with Gasteiger partial charge < -0.3 is 35.0 Å². The van der Waals surface area contributed by atoms with Gasteiger partial charge in [0.05, 0.1) is 30.2 Å². The van der Waals surface area contributed by atoms with Crippen molar-refractivity contribution in [3.8, 4) is 0 Å². The molecule has 1 aliphatic rings. The molecule has 398 valence electrons. The average Bonchev–Trinajstić information content (AvgIpc) is 3.29. The quantitative estimate of drug-likeness (QED) is 0.0349. The summed E-state index contributed by atoms with van der Waals surface area (Å²) in [6.07, 6.45) is 41.2. The third kappa shape index (κ3) is 35.4. The van der Waals surface area contributed by atoms with Crippen LogP contribution in [0.3, 0.4) is 0 Å². The number of carbonyl (C=O) groups is 1. The Morgan fingerprint density at radius 3 is 1.31 bits per heavy atom. The summed E-state index contributed by atoms with van der Waals surface area (Å²) >= 11 is 0. The zero-order valence-electron chi connectivity index (χ0n) is 45.2. The second kappa shape index (κ2) is 44.5. The minimum atomic E-state index is -0.613. The summed E-state index contributed by atoms with van der Waals surface area (Å²) < 4.78 is 6.18. The van der Waals surface area contributed by atoms with Crippen molar-refractivity contribution in [3.63, 3.8) is 0 Å². The van der Waals surface area contributed by atoms with Crippen molar-refractivity contribution >= 4 is 5.97 Å². The van der Waals surface area contributed by atoms with Gasteiger partial charge in [-0.15, -0.1) is 0 Å². The third-order valence-corrected chi connectivity index (χ3v) is 14.4. The van der Waals surface area contributed by atoms with Gasteiger partial charge in [0.25, 0.3) is 0 Å². The molecule has 9 heteroatoms. The largest absolute Gasteiger partial charge is 0.460 e. The van der Waals surface area contributed by atoms with E-state index in [4.69, 9.17) is 4.74 Å². The number of cyclic esters (lactones) is 1. The summed E-state index contributed by atoms with van der Waals surface area (Å²) in [5.41, 5.74) is 0. The molecule has 6 unspecified atom stereocenters. The van der Waals surface area contributed by atoms with Gasteiger partial charge in [0.2, 0.25) is 0 Å². The van der Waals surface area contributed by atoms with Crippen LogP contribution in [0.1, 0.15) is 279 Å². The molecule has 6 atom stereocenters. The first-order chi connectivity index (χ1) is 32.6. The van der Waals surface area contributed by atoms with Crippen LogP contribution < -0.4 is 0 Å². The van der Waals surface area contributed by atoms with E-state index in [9.17, 15) is 25.2 Å². The Hall–Kier alpha value is -1.39. The van der Waals surface area contributed by atoms with Crippen LogP contribution in [-0.2, 0) is 9.53 Å². The van der Waals surface area contributed by atoms with E-state index in [1.54, 1.807) is 6.92 Å². The van der Waals surface area contributed by atoms with E-state index in [-0.39, 0.29) is 12.1 Å². The van der Waals surface area contributed by atoms with E-state index < -0.39 is 30.5 Å². The molecule has 1 saturated heterocycles. The van der Waals surface area contributed by atoms with Gasteiger partial charge in [-0.05, 0) is 51.9 Å². The van der Waals surface area contributed by atoms with Crippen LogP contribution in [0.15, 0.2) is 12.4 Å². The van der Waals surface area contributed by atoms with Crippen LogP contribution in [-0.4, -0.2) is 117 Å². The highest BCUT2D eigenvalue weighted by Crippen LogP contribution is 2.25. The Morgan fingerprint density at radius 1 is 0.522 bits per heavy atom. The molecule has 1 fully saturated rings. The molecule has 0 spiro atoms. The zero-order valence-corrected chi connectivity index (χ0v) is 45.2. The van der Waals surface area contributed by atoms with Crippen LogP contribution in [0.4, 0.5) is 0 Å². The number of aliphatic hydroxyl groups is 4. The molecule has 1 rings (SSSR count). The Labute approximate surface area is 416 Å². The van der Waals surface area contributed by atoms with Gasteiger partial charge in [-0.25, -0.2) is 0 Å². The summed E-state index contributed by atoms with van der Waals surface area (Å²) in [4.78, 5) is 20.3. The smallest absolute Gasteiger partial charge is 0.323 e. The highest BCUT2D eigenvalue weighted by molar-refractivity contribution is 5.76. The van der Waals surface area contributed by atoms with Crippen LogP contribution >= 0.6 is 0 Å². The summed E-state index contributed by atoms with van der Waals surface area (Å²) in [6, 6.07) is -0.428. The van der Waals surface area contributed by atoms with Crippen molar-refractivity contribution in [2.45, 2.75) is 315 Å². The topological polar surface area (TPSA) is 117 Å². The Morgan fingerprint density at radius 2 is 0.896 bits per heavy atom. The van der Waals surface area contributed by atoms with E-state index in [1.807, 2.05) is 4.90 Å². The normalized spacial score (nSPS) is 17.4. The number of rotatable bonds is 50. The Kier molecular flexibility index (Phi) is 42.3. The van der Waals surface area contributed by atoms with Crippen molar-refractivity contribution in [1.82, 2.24) is 14.7 Å². The number of aliphatic hydroxyl groups excluding tert-OH is 4. The molecule has 0 amide bonds. The van der Waals surface area contributed by atoms with Gasteiger partial charge in [0.15, 0.2) is 0 Å². The average molecular weight is 951 g/mol. The minimum absolute atomic E-state index is 0.145. The second-order valence-corrected chi connectivity index (χ2v) is 21.3. The molecular weight excluding hydrogens is 835 g/mol. The van der Waals surface area contributed by atoms with E-state index in [0.29, 0.717) is 64.4 Å². The van der Waals surface area contributed by atoms with Crippen molar-refractivity contribution in [3.05, 3.63) is 12.4 Å². The number of hydrogen-bond acceptors (Lipinski definition) is 9. The Bertz CT molecular complexity index is 1110. The van der Waals surface area contributed by atoms with Gasteiger partial charge in [-0.3, -0.25) is 9.69 Å². The SMILES string of the molecule is C=C(N(CCCC1C(=O)OC(CCCCCCCCCC)CN1CC(O)CCCCCCCCCC)CC(O)CCCCCCCCCC)N(CC(C)O)CC(O)CCCCCCCCCC. The summed E-state index contributed by atoms with van der Waals surface area (Å²) in [7, 11) is 0. The lowest BCUT2D eigenvalue weighted by molar-refractivity contribution is -0.168. The lowest BCUT2D eigenvalue weighted by atomic mass is 10.0. The van der Waals surface area contributed by atoms with Crippen LogP contribution in [0.2, 0.25) is 0 Å². The number of unbranched alkanes of at least 4 members (excludes halogenated alkanes) is 28. The zero-order chi connectivity index (χ0) is 49.2. The van der Waals surface area contributed by atoms with Crippen molar-refractivity contribution in [2.24, 2.45) is 0 Å². The highest BCUT2D eigenvalue weighted by Gasteiger charge is 2.37. The first-order valence-electron chi connectivity index (χ1n) is 29.4. The minimum Gasteiger partial charge on any atom is -0.460 e. The highest BCUT2D eigenvalue weighted by atomic mass is 16.5. The van der Waals surface area contributed by atoms with E-state index in [2.05, 4.69) is 44.1 Å². The first-order valence-corrected chi connectivity index (χ1v) is 29.4. The number of morpholine rings is 1. The van der Waals surface area contributed by atoms with Gasteiger partial charge in [-0.2, -0.15) is 0 Å². The van der Waals surface area contributed by atoms with Crippen molar-refractivity contribution in [1.29, 1.82) is 0 Å². The molecule has 0 radical (unpaired) electrons. The van der Waals surface area contributed by atoms with Gasteiger partial charge in [-0.1, -0.05) is 233 Å². The lowest BCUT2D eigenvalue weighted by Crippen LogP contribution is -2.55. The van der Waals surface area contributed by atoms with Crippen molar-refractivity contribution in [2.75, 3.05) is 39.3 Å².